The number of amides is 2. The summed E-state index contributed by atoms with van der Waals surface area (Å²) in [6.07, 6.45) is 7.21. The van der Waals surface area contributed by atoms with Crippen molar-refractivity contribution >= 4 is 35.2 Å². The average molecular weight is 590 g/mol. The van der Waals surface area contributed by atoms with Crippen LogP contribution in [0.3, 0.4) is 0 Å². The number of aromatic hydroxyl groups is 1. The van der Waals surface area contributed by atoms with Gasteiger partial charge in [-0.15, -0.1) is 0 Å². The fourth-order valence-corrected chi connectivity index (χ4v) is 5.60. The van der Waals surface area contributed by atoms with Crippen molar-refractivity contribution in [1.29, 1.82) is 0 Å². The highest BCUT2D eigenvalue weighted by atomic mass is 35.5. The topological polar surface area (TPSA) is 82.1 Å². The lowest BCUT2D eigenvalue weighted by Gasteiger charge is -2.32. The summed E-state index contributed by atoms with van der Waals surface area (Å²) in [5.74, 6) is 0.401. The number of benzene rings is 3. The molecule has 0 atom stereocenters. The molecule has 7 nitrogen and oxygen atoms in total. The number of hydrogen-bond donors (Lipinski definition) is 2. The second-order valence-corrected chi connectivity index (χ2v) is 11.3. The summed E-state index contributed by atoms with van der Waals surface area (Å²) in [6.45, 7) is 5.39. The van der Waals surface area contributed by atoms with E-state index in [1.807, 2.05) is 25.1 Å². The van der Waals surface area contributed by atoms with Crippen LogP contribution in [-0.2, 0) is 16.1 Å². The monoisotopic (exact) mass is 589 g/mol. The van der Waals surface area contributed by atoms with E-state index in [2.05, 4.69) is 34.5 Å². The highest BCUT2D eigenvalue weighted by molar-refractivity contribution is 6.34. The molecule has 42 heavy (non-hydrogen) atoms. The maximum Gasteiger partial charge on any atom is 0.247 e. The number of para-hydroxylation sites is 1. The van der Waals surface area contributed by atoms with E-state index in [4.69, 9.17) is 16.3 Å². The Kier molecular flexibility index (Phi) is 11.4. The molecular weight excluding hydrogens is 550 g/mol. The van der Waals surface area contributed by atoms with E-state index in [0.29, 0.717) is 34.5 Å². The molecule has 2 N–H and O–H groups in total. The molecular formula is C34H40ClN3O4. The second-order valence-electron chi connectivity index (χ2n) is 10.9. The smallest absolute Gasteiger partial charge is 0.247 e. The molecule has 1 aliphatic rings. The lowest BCUT2D eigenvalue weighted by Crippen LogP contribution is -2.38. The van der Waals surface area contributed by atoms with Crippen molar-refractivity contribution in [3.8, 4) is 11.5 Å². The van der Waals surface area contributed by atoms with E-state index in [9.17, 15) is 14.7 Å². The fourth-order valence-electron chi connectivity index (χ4n) is 5.33. The summed E-state index contributed by atoms with van der Waals surface area (Å²) in [7, 11) is 1.47. The van der Waals surface area contributed by atoms with Crippen LogP contribution in [0.25, 0.3) is 6.08 Å². The molecule has 0 radical (unpaired) electrons. The van der Waals surface area contributed by atoms with Gasteiger partial charge < -0.3 is 20.1 Å². The molecule has 2 amide bonds. The SMILES string of the molecule is COc1cc(/C=C/C(=O)N(CCCC2CCN(Cc3ccccc3)CC2)CC(=O)Nc2c(C)cccc2Cl)ccc1O. The van der Waals surface area contributed by atoms with Crippen molar-refractivity contribution in [1.82, 2.24) is 9.80 Å². The van der Waals surface area contributed by atoms with E-state index in [1.165, 1.54) is 24.8 Å². The Morgan fingerprint density at radius 1 is 1.10 bits per heavy atom. The minimum atomic E-state index is -0.298. The number of hydrogen-bond acceptors (Lipinski definition) is 5. The molecule has 8 heteroatoms. The lowest BCUT2D eigenvalue weighted by atomic mass is 9.92. The summed E-state index contributed by atoms with van der Waals surface area (Å²) in [5.41, 5.74) is 3.46. The van der Waals surface area contributed by atoms with Crippen LogP contribution >= 0.6 is 11.6 Å². The molecule has 3 aromatic rings. The third-order valence-corrected chi connectivity index (χ3v) is 8.07. The number of nitrogens with zero attached hydrogens (tertiary/aromatic N) is 2. The van der Waals surface area contributed by atoms with Crippen LogP contribution in [0, 0.1) is 12.8 Å². The van der Waals surface area contributed by atoms with E-state index in [1.54, 1.807) is 29.2 Å². The van der Waals surface area contributed by atoms with Crippen molar-refractivity contribution in [3.05, 3.63) is 94.5 Å². The van der Waals surface area contributed by atoms with Crippen LogP contribution in [0.1, 0.15) is 42.4 Å². The normalized spacial score (nSPS) is 14.2. The predicted octanol–water partition coefficient (Wildman–Crippen LogP) is 6.54. The van der Waals surface area contributed by atoms with Crippen LogP contribution in [-0.4, -0.2) is 60.0 Å². The number of carbonyl (C=O) groups excluding carboxylic acids is 2. The van der Waals surface area contributed by atoms with Crippen LogP contribution in [0.4, 0.5) is 5.69 Å². The summed E-state index contributed by atoms with van der Waals surface area (Å²) in [5, 5.41) is 13.2. The van der Waals surface area contributed by atoms with Gasteiger partial charge in [0.05, 0.1) is 17.8 Å². The van der Waals surface area contributed by atoms with Gasteiger partial charge in [0.15, 0.2) is 11.5 Å². The molecule has 0 unspecified atom stereocenters. The third kappa shape index (κ3) is 9.10. The number of methoxy groups -OCH3 is 1. The summed E-state index contributed by atoms with van der Waals surface area (Å²) in [6, 6.07) is 20.9. The molecule has 1 aliphatic heterocycles. The Bertz CT molecular complexity index is 1350. The number of ether oxygens (including phenoxy) is 1. The lowest BCUT2D eigenvalue weighted by molar-refractivity contribution is -0.130. The molecule has 1 heterocycles. The molecule has 0 aliphatic carbocycles. The number of aryl methyl sites for hydroxylation is 1. The Morgan fingerprint density at radius 3 is 2.57 bits per heavy atom. The Balaban J connectivity index is 1.35. The summed E-state index contributed by atoms with van der Waals surface area (Å²) < 4.78 is 5.17. The molecule has 0 bridgehead atoms. The zero-order valence-corrected chi connectivity index (χ0v) is 25.1. The minimum absolute atomic E-state index is 0.0278. The van der Waals surface area contributed by atoms with Crippen LogP contribution < -0.4 is 10.1 Å². The van der Waals surface area contributed by atoms with E-state index in [0.717, 1.165) is 50.9 Å². The van der Waals surface area contributed by atoms with Gasteiger partial charge in [0, 0.05) is 19.2 Å². The maximum absolute atomic E-state index is 13.3. The number of anilines is 1. The Hall–Kier alpha value is -3.81. The third-order valence-electron chi connectivity index (χ3n) is 7.75. The number of phenols is 1. The van der Waals surface area contributed by atoms with Crippen molar-refractivity contribution in [2.24, 2.45) is 5.92 Å². The molecule has 0 saturated carbocycles. The highest BCUT2D eigenvalue weighted by Gasteiger charge is 2.21. The van der Waals surface area contributed by atoms with Gasteiger partial charge in [-0.1, -0.05) is 60.1 Å². The predicted molar refractivity (Wildman–Crippen MR) is 169 cm³/mol. The zero-order valence-electron chi connectivity index (χ0n) is 24.4. The molecule has 0 aromatic heterocycles. The number of likely N-dealkylation sites (tertiary alicyclic amines) is 1. The number of piperidine rings is 1. The number of carbonyl (C=O) groups is 2. The van der Waals surface area contributed by atoms with Gasteiger partial charge in [-0.05, 0) is 92.6 Å². The number of rotatable bonds is 12. The van der Waals surface area contributed by atoms with Crippen LogP contribution in [0.15, 0.2) is 72.8 Å². The quantitative estimate of drug-likeness (QED) is 0.235. The van der Waals surface area contributed by atoms with Crippen molar-refractivity contribution < 1.29 is 19.4 Å². The van der Waals surface area contributed by atoms with Gasteiger partial charge in [-0.3, -0.25) is 14.5 Å². The molecule has 4 rings (SSSR count). The molecule has 1 fully saturated rings. The fraction of sp³-hybridized carbons (Fsp3) is 0.353. The van der Waals surface area contributed by atoms with Gasteiger partial charge in [0.25, 0.3) is 0 Å². The van der Waals surface area contributed by atoms with E-state index < -0.39 is 0 Å². The standard InChI is InChI=1S/C34H40ClN3O4/c1-25-8-6-12-29(35)34(25)36-32(40)24-38(33(41)16-14-27-13-15-30(39)31(22-27)42-2)19-7-11-26-17-20-37(21-18-26)23-28-9-4-3-5-10-28/h3-6,8-10,12-16,22,26,39H,7,11,17-21,23-24H2,1-2H3,(H,36,40)/b16-14+. The zero-order chi connectivity index (χ0) is 29.9. The van der Waals surface area contributed by atoms with Gasteiger partial charge in [0.1, 0.15) is 6.54 Å². The average Bonchev–Trinajstić information content (AvgIpc) is 2.99. The Labute approximate surface area is 253 Å². The highest BCUT2D eigenvalue weighted by Crippen LogP contribution is 2.28. The van der Waals surface area contributed by atoms with Crippen molar-refractivity contribution in [2.75, 3.05) is 38.6 Å². The number of halogens is 1. The number of nitrogens with one attached hydrogen (secondary N) is 1. The molecule has 3 aromatic carbocycles. The van der Waals surface area contributed by atoms with Gasteiger partial charge in [-0.25, -0.2) is 0 Å². The Morgan fingerprint density at radius 2 is 1.86 bits per heavy atom. The first-order valence-corrected chi connectivity index (χ1v) is 14.9. The van der Waals surface area contributed by atoms with Gasteiger partial charge in [-0.2, -0.15) is 0 Å². The van der Waals surface area contributed by atoms with E-state index >= 15 is 0 Å². The van der Waals surface area contributed by atoms with Gasteiger partial charge >= 0.3 is 0 Å². The second kappa shape index (κ2) is 15.4. The maximum atomic E-state index is 13.3. The molecule has 222 valence electrons. The van der Waals surface area contributed by atoms with Crippen LogP contribution in [0.2, 0.25) is 5.02 Å². The summed E-state index contributed by atoms with van der Waals surface area (Å²) in [4.78, 5) is 30.4. The van der Waals surface area contributed by atoms with Gasteiger partial charge in [0.2, 0.25) is 11.8 Å². The van der Waals surface area contributed by atoms with Crippen molar-refractivity contribution in [3.63, 3.8) is 0 Å². The largest absolute Gasteiger partial charge is 0.504 e. The first-order chi connectivity index (χ1) is 20.3. The number of phenolic OH excluding ortho intramolecular Hbond substituents is 1. The molecule has 1 saturated heterocycles. The molecule has 0 spiro atoms. The van der Waals surface area contributed by atoms with Crippen molar-refractivity contribution in [2.45, 2.75) is 39.2 Å². The first kappa shape index (κ1) is 31.1. The van der Waals surface area contributed by atoms with Crippen LogP contribution in [0.5, 0.6) is 11.5 Å². The van der Waals surface area contributed by atoms with E-state index in [-0.39, 0.29) is 24.1 Å². The minimum Gasteiger partial charge on any atom is -0.504 e. The first-order valence-electron chi connectivity index (χ1n) is 14.5. The summed E-state index contributed by atoms with van der Waals surface area (Å²) >= 11 is 6.31.